The van der Waals surface area contributed by atoms with Crippen molar-refractivity contribution >= 4 is 17.4 Å². The van der Waals surface area contributed by atoms with E-state index >= 15 is 0 Å². The van der Waals surface area contributed by atoms with Gasteiger partial charge in [0.2, 0.25) is 5.95 Å². The number of benzene rings is 1. The zero-order valence-electron chi connectivity index (χ0n) is 17.0. The van der Waals surface area contributed by atoms with Crippen LogP contribution in [-0.2, 0) is 36.8 Å². The third-order valence-corrected chi connectivity index (χ3v) is 6.54. The first kappa shape index (κ1) is 18.1. The highest BCUT2D eigenvalue weighted by Gasteiger charge is 2.25. The maximum atomic E-state index is 12.6. The highest BCUT2D eigenvalue weighted by atomic mass is 16.5. The van der Waals surface area contributed by atoms with Crippen molar-refractivity contribution in [1.82, 2.24) is 24.9 Å². The second-order valence-corrected chi connectivity index (χ2v) is 8.55. The SMILES string of the molecule is O=c1cc(CC2CNCCO2)nc2nc(Nc3c4c(cc5c3CCC5)CCC4)[nH]n12. The summed E-state index contributed by atoms with van der Waals surface area (Å²) in [6, 6.07) is 3.99. The summed E-state index contributed by atoms with van der Waals surface area (Å²) in [5.74, 6) is 0.967. The lowest BCUT2D eigenvalue weighted by Crippen LogP contribution is -2.40. The summed E-state index contributed by atoms with van der Waals surface area (Å²) in [6.45, 7) is 2.33. The van der Waals surface area contributed by atoms with Crippen LogP contribution in [0.5, 0.6) is 0 Å². The molecule has 0 spiro atoms. The van der Waals surface area contributed by atoms with Crippen molar-refractivity contribution in [3.05, 3.63) is 50.4 Å². The van der Waals surface area contributed by atoms with Crippen LogP contribution in [0.25, 0.3) is 5.78 Å². The van der Waals surface area contributed by atoms with Crippen molar-refractivity contribution in [3.63, 3.8) is 0 Å². The first-order valence-corrected chi connectivity index (χ1v) is 11.0. The lowest BCUT2D eigenvalue weighted by atomic mass is 9.99. The van der Waals surface area contributed by atoms with Gasteiger partial charge >= 0.3 is 0 Å². The van der Waals surface area contributed by atoms with Crippen LogP contribution in [0.1, 0.15) is 40.8 Å². The van der Waals surface area contributed by atoms with Crippen LogP contribution >= 0.6 is 0 Å². The minimum Gasteiger partial charge on any atom is -0.375 e. The van der Waals surface area contributed by atoms with E-state index < -0.39 is 0 Å². The van der Waals surface area contributed by atoms with Gasteiger partial charge in [0.25, 0.3) is 11.3 Å². The minimum atomic E-state index is -0.150. The van der Waals surface area contributed by atoms with E-state index in [4.69, 9.17) is 4.74 Å². The third kappa shape index (κ3) is 3.11. The third-order valence-electron chi connectivity index (χ3n) is 6.54. The summed E-state index contributed by atoms with van der Waals surface area (Å²) in [6.07, 6.45) is 7.56. The number of aromatic nitrogens is 4. The molecule has 3 N–H and O–H groups in total. The van der Waals surface area contributed by atoms with Crippen LogP contribution in [0.4, 0.5) is 11.6 Å². The van der Waals surface area contributed by atoms with Crippen LogP contribution < -0.4 is 16.2 Å². The number of hydrogen-bond acceptors (Lipinski definition) is 6. The largest absolute Gasteiger partial charge is 0.375 e. The second-order valence-electron chi connectivity index (χ2n) is 8.55. The van der Waals surface area contributed by atoms with Crippen LogP contribution in [0, 0.1) is 0 Å². The van der Waals surface area contributed by atoms with Crippen LogP contribution in [-0.4, -0.2) is 45.4 Å². The maximum absolute atomic E-state index is 12.6. The molecule has 3 aliphatic rings. The van der Waals surface area contributed by atoms with Crippen molar-refractivity contribution in [2.24, 2.45) is 0 Å². The van der Waals surface area contributed by atoms with Gasteiger partial charge in [0.15, 0.2) is 0 Å². The van der Waals surface area contributed by atoms with Crippen molar-refractivity contribution in [2.45, 2.75) is 51.0 Å². The molecule has 1 aromatic carbocycles. The molecule has 1 atom stereocenters. The second kappa shape index (κ2) is 7.21. The molecule has 1 fully saturated rings. The Morgan fingerprint density at radius 1 is 1.10 bits per heavy atom. The molecule has 8 nitrogen and oxygen atoms in total. The van der Waals surface area contributed by atoms with Gasteiger partial charge in [0, 0.05) is 31.3 Å². The van der Waals surface area contributed by atoms with Gasteiger partial charge in [0.05, 0.1) is 18.4 Å². The monoisotopic (exact) mass is 406 g/mol. The number of fused-ring (bicyclic) bond motifs is 3. The Morgan fingerprint density at radius 3 is 2.63 bits per heavy atom. The zero-order valence-corrected chi connectivity index (χ0v) is 17.0. The minimum absolute atomic E-state index is 0.0409. The number of aryl methyl sites for hydroxylation is 2. The van der Waals surface area contributed by atoms with Crippen LogP contribution in [0.3, 0.4) is 0 Å². The molecule has 0 bridgehead atoms. The predicted octanol–water partition coefficient (Wildman–Crippen LogP) is 1.67. The van der Waals surface area contributed by atoms with Gasteiger partial charge in [-0.2, -0.15) is 9.50 Å². The van der Waals surface area contributed by atoms with E-state index in [0.29, 0.717) is 30.4 Å². The molecule has 30 heavy (non-hydrogen) atoms. The fraction of sp³-hybridized carbons (Fsp3) is 0.500. The van der Waals surface area contributed by atoms with E-state index in [-0.39, 0.29) is 11.7 Å². The standard InChI is InChI=1S/C22H26N6O2/c29-19-11-15(10-16-12-23-7-8-30-16)24-22-26-21(27-28(19)22)25-20-17-5-1-3-13(17)9-14-4-2-6-18(14)20/h9,11,16,23H,1-8,10,12H2,(H2,24,25,26,27). The average molecular weight is 406 g/mol. The molecule has 0 saturated carbocycles. The maximum Gasteiger partial charge on any atom is 0.274 e. The molecule has 8 heteroatoms. The quantitative estimate of drug-likeness (QED) is 0.610. The number of nitrogens with zero attached hydrogens (tertiary/aromatic N) is 3. The number of aromatic amines is 1. The van der Waals surface area contributed by atoms with E-state index in [0.717, 1.165) is 38.8 Å². The number of hydrogen-bond donors (Lipinski definition) is 3. The Morgan fingerprint density at radius 2 is 1.90 bits per heavy atom. The number of morpholine rings is 1. The summed E-state index contributed by atoms with van der Waals surface area (Å²) in [5, 5.41) is 9.93. The number of nitrogens with one attached hydrogen (secondary N) is 3. The average Bonchev–Trinajstić information content (AvgIpc) is 3.47. The highest BCUT2D eigenvalue weighted by Crippen LogP contribution is 2.39. The van der Waals surface area contributed by atoms with Gasteiger partial charge < -0.3 is 15.4 Å². The molecular weight excluding hydrogens is 380 g/mol. The van der Waals surface area contributed by atoms with E-state index in [9.17, 15) is 4.79 Å². The summed E-state index contributed by atoms with van der Waals surface area (Å²) in [7, 11) is 0. The van der Waals surface area contributed by atoms with Crippen LogP contribution in [0.15, 0.2) is 16.9 Å². The number of ether oxygens (including phenoxy) is 1. The molecule has 2 aliphatic carbocycles. The summed E-state index contributed by atoms with van der Waals surface area (Å²) >= 11 is 0. The van der Waals surface area contributed by atoms with Crippen molar-refractivity contribution < 1.29 is 4.74 Å². The summed E-state index contributed by atoms with van der Waals surface area (Å²) in [4.78, 5) is 21.9. The van der Waals surface area contributed by atoms with Gasteiger partial charge in [-0.15, -0.1) is 0 Å². The zero-order chi connectivity index (χ0) is 20.1. The lowest BCUT2D eigenvalue weighted by Gasteiger charge is -2.23. The van der Waals surface area contributed by atoms with Crippen molar-refractivity contribution in [1.29, 1.82) is 0 Å². The summed E-state index contributed by atoms with van der Waals surface area (Å²) in [5.41, 5.74) is 7.53. The molecule has 2 aromatic heterocycles. The first-order valence-electron chi connectivity index (χ1n) is 11.0. The summed E-state index contributed by atoms with van der Waals surface area (Å²) < 4.78 is 7.16. The lowest BCUT2D eigenvalue weighted by molar-refractivity contribution is 0.0286. The Labute approximate surface area is 174 Å². The van der Waals surface area contributed by atoms with Gasteiger partial charge in [-0.3, -0.25) is 9.89 Å². The smallest absolute Gasteiger partial charge is 0.274 e. The fourth-order valence-electron chi connectivity index (χ4n) is 5.16. The first-order chi connectivity index (χ1) is 14.7. The highest BCUT2D eigenvalue weighted by molar-refractivity contribution is 5.70. The molecule has 1 unspecified atom stereocenters. The predicted molar refractivity (Wildman–Crippen MR) is 114 cm³/mol. The van der Waals surface area contributed by atoms with E-state index in [1.54, 1.807) is 6.07 Å². The molecule has 0 radical (unpaired) electrons. The van der Waals surface area contributed by atoms with Crippen LogP contribution in [0.2, 0.25) is 0 Å². The van der Waals surface area contributed by atoms with Gasteiger partial charge in [-0.1, -0.05) is 6.07 Å². The van der Waals surface area contributed by atoms with Gasteiger partial charge in [-0.05, 0) is 60.8 Å². The molecule has 1 aliphatic heterocycles. The normalized spacial score (nSPS) is 20.5. The van der Waals surface area contributed by atoms with Crippen molar-refractivity contribution in [2.75, 3.05) is 25.0 Å². The van der Waals surface area contributed by atoms with Gasteiger partial charge in [0.1, 0.15) is 0 Å². The number of anilines is 2. The number of rotatable bonds is 4. The Balaban J connectivity index is 1.33. The molecule has 0 amide bonds. The Hall–Kier alpha value is -2.71. The van der Waals surface area contributed by atoms with E-state index in [1.165, 1.54) is 45.3 Å². The molecule has 3 heterocycles. The fourth-order valence-corrected chi connectivity index (χ4v) is 5.16. The Kier molecular flexibility index (Phi) is 4.35. The van der Waals surface area contributed by atoms with Crippen molar-refractivity contribution in [3.8, 4) is 0 Å². The molecule has 1 saturated heterocycles. The van der Waals surface area contributed by atoms with E-state index in [1.807, 2.05) is 0 Å². The Bertz CT molecular complexity index is 1140. The molecule has 3 aromatic rings. The topological polar surface area (TPSA) is 96.3 Å². The van der Waals surface area contributed by atoms with Gasteiger partial charge in [-0.25, -0.2) is 4.98 Å². The molecule has 156 valence electrons. The molecular formula is C22H26N6O2. The van der Waals surface area contributed by atoms with E-state index in [2.05, 4.69) is 31.8 Å². The molecule has 6 rings (SSSR count). The number of H-pyrrole nitrogens is 1.